The van der Waals surface area contributed by atoms with Gasteiger partial charge in [-0.3, -0.25) is 4.79 Å². The number of aromatic nitrogens is 1. The van der Waals surface area contributed by atoms with Gasteiger partial charge in [0.05, 0.1) is 22.7 Å². The molecule has 0 unspecified atom stereocenters. The summed E-state index contributed by atoms with van der Waals surface area (Å²) in [6.07, 6.45) is 4.10. The third-order valence-corrected chi connectivity index (χ3v) is 5.10. The van der Waals surface area contributed by atoms with E-state index in [9.17, 15) is 4.79 Å². The van der Waals surface area contributed by atoms with Crippen molar-refractivity contribution in [2.45, 2.75) is 25.5 Å². The second-order valence-corrected chi connectivity index (χ2v) is 7.15. The van der Waals surface area contributed by atoms with Crippen molar-refractivity contribution in [2.24, 2.45) is 7.05 Å². The SMILES string of the molecule is CCCCNC(=O)c1c(CSC)n(C)c2cc(Br)c(OC)cc12. The molecule has 0 saturated heterocycles. The molecule has 1 heterocycles. The van der Waals surface area contributed by atoms with Crippen LogP contribution in [-0.4, -0.2) is 30.4 Å². The minimum atomic E-state index is -0.00234. The maximum atomic E-state index is 12.7. The van der Waals surface area contributed by atoms with Gasteiger partial charge in [0.15, 0.2) is 0 Å². The van der Waals surface area contributed by atoms with Crippen molar-refractivity contribution in [1.82, 2.24) is 9.88 Å². The topological polar surface area (TPSA) is 43.3 Å². The van der Waals surface area contributed by atoms with E-state index in [2.05, 4.69) is 32.7 Å². The van der Waals surface area contributed by atoms with Crippen LogP contribution in [0.25, 0.3) is 10.9 Å². The normalized spacial score (nSPS) is 11.0. The first kappa shape index (κ1) is 18.2. The lowest BCUT2D eigenvalue weighted by Gasteiger charge is -2.07. The smallest absolute Gasteiger partial charge is 0.253 e. The molecule has 0 fully saturated rings. The number of thioether (sulfide) groups is 1. The number of ether oxygens (including phenoxy) is 1. The number of nitrogens with zero attached hydrogens (tertiary/aromatic N) is 1. The number of unbranched alkanes of at least 4 members (excludes halogenated alkanes) is 1. The van der Waals surface area contributed by atoms with Crippen molar-refractivity contribution >= 4 is 44.5 Å². The first-order valence-corrected chi connectivity index (χ1v) is 9.85. The number of carbonyl (C=O) groups excluding carboxylic acids is 1. The lowest BCUT2D eigenvalue weighted by atomic mass is 10.1. The summed E-state index contributed by atoms with van der Waals surface area (Å²) in [5.74, 6) is 1.53. The number of methoxy groups -OCH3 is 1. The monoisotopic (exact) mass is 398 g/mol. The number of benzene rings is 1. The van der Waals surface area contributed by atoms with Gasteiger partial charge in [0.1, 0.15) is 5.75 Å². The number of carbonyl (C=O) groups is 1. The van der Waals surface area contributed by atoms with Crippen LogP contribution in [0.15, 0.2) is 16.6 Å². The van der Waals surface area contributed by atoms with Crippen LogP contribution in [-0.2, 0) is 12.8 Å². The maximum Gasteiger partial charge on any atom is 0.253 e. The predicted molar refractivity (Wildman–Crippen MR) is 102 cm³/mol. The number of halogens is 1. The minimum Gasteiger partial charge on any atom is -0.496 e. The highest BCUT2D eigenvalue weighted by Gasteiger charge is 2.22. The van der Waals surface area contributed by atoms with E-state index >= 15 is 0 Å². The lowest BCUT2D eigenvalue weighted by Crippen LogP contribution is -2.25. The molecular formula is C17H23BrN2O2S. The molecule has 0 bridgehead atoms. The molecule has 2 rings (SSSR count). The molecule has 6 heteroatoms. The minimum absolute atomic E-state index is 0.00234. The molecule has 0 aliphatic carbocycles. The molecule has 0 saturated carbocycles. The van der Waals surface area contributed by atoms with Gasteiger partial charge in [0.25, 0.3) is 5.91 Å². The van der Waals surface area contributed by atoms with Crippen LogP contribution in [0.4, 0.5) is 0 Å². The van der Waals surface area contributed by atoms with Gasteiger partial charge in [-0.2, -0.15) is 11.8 Å². The number of aryl methyl sites for hydroxylation is 1. The second-order valence-electron chi connectivity index (χ2n) is 5.43. The van der Waals surface area contributed by atoms with Gasteiger partial charge >= 0.3 is 0 Å². The van der Waals surface area contributed by atoms with E-state index in [0.29, 0.717) is 6.54 Å². The molecule has 2 aromatic rings. The molecule has 4 nitrogen and oxygen atoms in total. The van der Waals surface area contributed by atoms with E-state index in [-0.39, 0.29) is 5.91 Å². The van der Waals surface area contributed by atoms with Crippen molar-refractivity contribution in [2.75, 3.05) is 19.9 Å². The molecule has 126 valence electrons. The summed E-state index contributed by atoms with van der Waals surface area (Å²) in [4.78, 5) is 12.7. The first-order valence-electron chi connectivity index (χ1n) is 7.67. The summed E-state index contributed by atoms with van der Waals surface area (Å²) in [6.45, 7) is 2.82. The summed E-state index contributed by atoms with van der Waals surface area (Å²) >= 11 is 5.24. The molecule has 1 N–H and O–H groups in total. The number of rotatable bonds is 7. The Morgan fingerprint density at radius 3 is 2.78 bits per heavy atom. The zero-order valence-electron chi connectivity index (χ0n) is 14.0. The number of fused-ring (bicyclic) bond motifs is 1. The summed E-state index contributed by atoms with van der Waals surface area (Å²) in [5, 5.41) is 3.98. The van der Waals surface area contributed by atoms with Crippen molar-refractivity contribution in [3.8, 4) is 5.75 Å². The highest BCUT2D eigenvalue weighted by molar-refractivity contribution is 9.10. The third-order valence-electron chi connectivity index (χ3n) is 3.92. The number of hydrogen-bond donors (Lipinski definition) is 1. The largest absolute Gasteiger partial charge is 0.496 e. The molecule has 0 aliphatic rings. The first-order chi connectivity index (χ1) is 11.0. The van der Waals surface area contributed by atoms with Gasteiger partial charge in [-0.05, 0) is 40.7 Å². The quantitative estimate of drug-likeness (QED) is 0.705. The Morgan fingerprint density at radius 2 is 2.17 bits per heavy atom. The summed E-state index contributed by atoms with van der Waals surface area (Å²) in [6, 6.07) is 3.96. The molecule has 0 spiro atoms. The van der Waals surface area contributed by atoms with Crippen LogP contribution in [0.5, 0.6) is 5.75 Å². The Kier molecular flexibility index (Phi) is 6.41. The molecule has 23 heavy (non-hydrogen) atoms. The average molecular weight is 399 g/mol. The molecule has 1 aromatic heterocycles. The second kappa shape index (κ2) is 8.11. The Hall–Kier alpha value is -1.14. The van der Waals surface area contributed by atoms with Gasteiger partial charge in [0, 0.05) is 30.4 Å². The van der Waals surface area contributed by atoms with Crippen LogP contribution >= 0.6 is 27.7 Å². The third kappa shape index (κ3) is 3.69. The van der Waals surface area contributed by atoms with Crippen LogP contribution in [0.2, 0.25) is 0 Å². The molecule has 0 aliphatic heterocycles. The van der Waals surface area contributed by atoms with Crippen LogP contribution in [0, 0.1) is 0 Å². The summed E-state index contributed by atoms with van der Waals surface area (Å²) < 4.78 is 8.39. The number of amides is 1. The Balaban J connectivity index is 2.58. The summed E-state index contributed by atoms with van der Waals surface area (Å²) in [5.41, 5.74) is 2.84. The van der Waals surface area contributed by atoms with Gasteiger partial charge in [-0.1, -0.05) is 13.3 Å². The van der Waals surface area contributed by atoms with Crippen LogP contribution in [0.3, 0.4) is 0 Å². The molecule has 1 aromatic carbocycles. The Bertz CT molecular complexity index is 712. The van der Waals surface area contributed by atoms with Crippen LogP contribution in [0.1, 0.15) is 35.8 Å². The van der Waals surface area contributed by atoms with Crippen molar-refractivity contribution in [3.05, 3.63) is 27.9 Å². The van der Waals surface area contributed by atoms with Gasteiger partial charge < -0.3 is 14.6 Å². The Labute approximate surface area is 150 Å². The standard InChI is InChI=1S/C17H23BrN2O2S/c1-5-6-7-19-17(21)16-11-8-15(22-3)12(18)9-13(11)20(2)14(16)10-23-4/h8-9H,5-7,10H2,1-4H3,(H,19,21). The predicted octanol–water partition coefficient (Wildman–Crippen LogP) is 4.34. The average Bonchev–Trinajstić information content (AvgIpc) is 2.79. The molecular weight excluding hydrogens is 376 g/mol. The number of hydrogen-bond acceptors (Lipinski definition) is 3. The van der Waals surface area contributed by atoms with Gasteiger partial charge in [-0.25, -0.2) is 0 Å². The fourth-order valence-corrected chi connectivity index (χ4v) is 3.78. The van der Waals surface area contributed by atoms with Crippen molar-refractivity contribution in [1.29, 1.82) is 0 Å². The maximum absolute atomic E-state index is 12.7. The summed E-state index contributed by atoms with van der Waals surface area (Å²) in [7, 11) is 3.65. The Morgan fingerprint density at radius 1 is 1.43 bits per heavy atom. The molecule has 0 atom stereocenters. The fourth-order valence-electron chi connectivity index (χ4n) is 2.67. The van der Waals surface area contributed by atoms with E-state index in [1.54, 1.807) is 18.9 Å². The van der Waals surface area contributed by atoms with E-state index in [0.717, 1.165) is 51.0 Å². The highest BCUT2D eigenvalue weighted by atomic mass is 79.9. The van der Waals surface area contributed by atoms with Gasteiger partial charge in [0.2, 0.25) is 0 Å². The van der Waals surface area contributed by atoms with Crippen molar-refractivity contribution in [3.63, 3.8) is 0 Å². The highest BCUT2D eigenvalue weighted by Crippen LogP contribution is 2.35. The van der Waals surface area contributed by atoms with Crippen molar-refractivity contribution < 1.29 is 9.53 Å². The fraction of sp³-hybridized carbons (Fsp3) is 0.471. The molecule has 0 radical (unpaired) electrons. The molecule has 1 amide bonds. The lowest BCUT2D eigenvalue weighted by molar-refractivity contribution is 0.0954. The van der Waals surface area contributed by atoms with E-state index in [4.69, 9.17) is 4.74 Å². The number of nitrogens with one attached hydrogen (secondary N) is 1. The van der Waals surface area contributed by atoms with E-state index in [1.165, 1.54) is 0 Å². The zero-order chi connectivity index (χ0) is 17.0. The zero-order valence-corrected chi connectivity index (χ0v) is 16.4. The van der Waals surface area contributed by atoms with Crippen LogP contribution < -0.4 is 10.1 Å². The van der Waals surface area contributed by atoms with E-state index in [1.807, 2.05) is 25.4 Å². The van der Waals surface area contributed by atoms with E-state index < -0.39 is 0 Å². The van der Waals surface area contributed by atoms with Gasteiger partial charge in [-0.15, -0.1) is 0 Å².